The molecule has 0 aliphatic heterocycles. The summed E-state index contributed by atoms with van der Waals surface area (Å²) >= 11 is 7.63. The predicted molar refractivity (Wildman–Crippen MR) is 85.7 cm³/mol. The molecule has 1 atom stereocenters. The molecular weight excluding hydrogens is 290 g/mol. The van der Waals surface area contributed by atoms with Gasteiger partial charge in [-0.1, -0.05) is 30.9 Å². The summed E-state index contributed by atoms with van der Waals surface area (Å²) in [6, 6.07) is 4.87. The van der Waals surface area contributed by atoms with Gasteiger partial charge in [-0.25, -0.2) is 4.98 Å². The SMILES string of the molecule is CC(Nc1nccn1C1CCCCC1)c1ccc(Cl)s1. The van der Waals surface area contributed by atoms with Gasteiger partial charge in [-0.3, -0.25) is 0 Å². The van der Waals surface area contributed by atoms with Gasteiger partial charge < -0.3 is 9.88 Å². The molecule has 0 saturated heterocycles. The van der Waals surface area contributed by atoms with Gasteiger partial charge in [-0.05, 0) is 31.9 Å². The first-order chi connectivity index (χ1) is 9.74. The molecule has 0 aromatic carbocycles. The number of rotatable bonds is 4. The second-order valence-corrected chi connectivity index (χ2v) is 7.20. The second-order valence-electron chi connectivity index (χ2n) is 5.46. The highest BCUT2D eigenvalue weighted by atomic mass is 35.5. The molecule has 108 valence electrons. The van der Waals surface area contributed by atoms with Crippen LogP contribution in [0.2, 0.25) is 4.34 Å². The molecule has 0 spiro atoms. The molecule has 0 amide bonds. The van der Waals surface area contributed by atoms with E-state index in [9.17, 15) is 0 Å². The Hall–Kier alpha value is -1.000. The van der Waals surface area contributed by atoms with Crippen molar-refractivity contribution in [1.29, 1.82) is 0 Å². The Morgan fingerprint density at radius 3 is 2.85 bits per heavy atom. The minimum atomic E-state index is 0.234. The highest BCUT2D eigenvalue weighted by Gasteiger charge is 2.19. The fourth-order valence-electron chi connectivity index (χ4n) is 2.90. The molecule has 2 aromatic rings. The van der Waals surface area contributed by atoms with Crippen LogP contribution in [0.1, 0.15) is 56.0 Å². The van der Waals surface area contributed by atoms with E-state index in [1.807, 2.05) is 12.3 Å². The molecule has 0 bridgehead atoms. The van der Waals surface area contributed by atoms with Gasteiger partial charge in [0, 0.05) is 23.3 Å². The standard InChI is InChI=1S/C15H20ClN3S/c1-11(13-7-8-14(16)20-13)18-15-17-9-10-19(15)12-5-3-2-4-6-12/h7-12H,2-6H2,1H3,(H,17,18). The monoisotopic (exact) mass is 309 g/mol. The van der Waals surface area contributed by atoms with E-state index in [-0.39, 0.29) is 6.04 Å². The molecule has 3 nitrogen and oxygen atoms in total. The molecule has 20 heavy (non-hydrogen) atoms. The van der Waals surface area contributed by atoms with Crippen molar-refractivity contribution in [3.8, 4) is 0 Å². The van der Waals surface area contributed by atoms with Crippen LogP contribution in [-0.2, 0) is 0 Å². The van der Waals surface area contributed by atoms with Crippen LogP contribution < -0.4 is 5.32 Å². The highest BCUT2D eigenvalue weighted by Crippen LogP contribution is 2.32. The maximum absolute atomic E-state index is 6.01. The summed E-state index contributed by atoms with van der Waals surface area (Å²) in [5.41, 5.74) is 0. The summed E-state index contributed by atoms with van der Waals surface area (Å²) < 4.78 is 3.15. The van der Waals surface area contributed by atoms with Gasteiger partial charge in [0.1, 0.15) is 0 Å². The largest absolute Gasteiger partial charge is 0.348 e. The van der Waals surface area contributed by atoms with Crippen LogP contribution in [0.3, 0.4) is 0 Å². The van der Waals surface area contributed by atoms with Crippen molar-refractivity contribution in [2.24, 2.45) is 0 Å². The summed E-state index contributed by atoms with van der Waals surface area (Å²) in [4.78, 5) is 5.73. The van der Waals surface area contributed by atoms with Gasteiger partial charge in [0.25, 0.3) is 0 Å². The Kier molecular flexibility index (Phi) is 4.32. The number of nitrogens with one attached hydrogen (secondary N) is 1. The van der Waals surface area contributed by atoms with Gasteiger partial charge in [0.05, 0.1) is 10.4 Å². The van der Waals surface area contributed by atoms with Crippen LogP contribution in [0.5, 0.6) is 0 Å². The number of halogens is 1. The van der Waals surface area contributed by atoms with Gasteiger partial charge >= 0.3 is 0 Å². The number of hydrogen-bond donors (Lipinski definition) is 1. The highest BCUT2D eigenvalue weighted by molar-refractivity contribution is 7.16. The average Bonchev–Trinajstić information content (AvgIpc) is 3.09. The van der Waals surface area contributed by atoms with Crippen LogP contribution in [0.15, 0.2) is 24.5 Å². The molecule has 1 N–H and O–H groups in total. The van der Waals surface area contributed by atoms with E-state index in [0.29, 0.717) is 6.04 Å². The van der Waals surface area contributed by atoms with Crippen molar-refractivity contribution in [2.75, 3.05) is 5.32 Å². The van der Waals surface area contributed by atoms with E-state index in [1.165, 1.54) is 37.0 Å². The lowest BCUT2D eigenvalue weighted by molar-refractivity contribution is 0.355. The smallest absolute Gasteiger partial charge is 0.203 e. The van der Waals surface area contributed by atoms with E-state index in [1.54, 1.807) is 11.3 Å². The third-order valence-electron chi connectivity index (χ3n) is 4.00. The lowest BCUT2D eigenvalue weighted by Crippen LogP contribution is -2.16. The van der Waals surface area contributed by atoms with Crippen molar-refractivity contribution >= 4 is 28.9 Å². The van der Waals surface area contributed by atoms with Crippen molar-refractivity contribution < 1.29 is 0 Å². The molecule has 3 rings (SSSR count). The maximum atomic E-state index is 6.01. The first-order valence-corrected chi connectivity index (χ1v) is 8.48. The Balaban J connectivity index is 1.72. The molecule has 1 saturated carbocycles. The number of thiophene rings is 1. The van der Waals surface area contributed by atoms with E-state index in [4.69, 9.17) is 11.6 Å². The van der Waals surface area contributed by atoms with E-state index < -0.39 is 0 Å². The van der Waals surface area contributed by atoms with E-state index >= 15 is 0 Å². The molecule has 2 heterocycles. The van der Waals surface area contributed by atoms with Crippen LogP contribution in [-0.4, -0.2) is 9.55 Å². The van der Waals surface area contributed by atoms with E-state index in [0.717, 1.165) is 10.3 Å². The molecule has 1 unspecified atom stereocenters. The average molecular weight is 310 g/mol. The number of imidazole rings is 1. The quantitative estimate of drug-likeness (QED) is 0.833. The fraction of sp³-hybridized carbons (Fsp3) is 0.533. The second kappa shape index (κ2) is 6.19. The Labute approximate surface area is 129 Å². The third kappa shape index (κ3) is 3.01. The predicted octanol–water partition coefficient (Wildman–Crippen LogP) is 5.28. The minimum absolute atomic E-state index is 0.234. The molecular formula is C15H20ClN3S. The van der Waals surface area contributed by atoms with Crippen LogP contribution in [0.4, 0.5) is 5.95 Å². The van der Waals surface area contributed by atoms with Crippen molar-refractivity contribution in [3.63, 3.8) is 0 Å². The Bertz CT molecular complexity index is 557. The Morgan fingerprint density at radius 2 is 2.15 bits per heavy atom. The molecule has 0 radical (unpaired) electrons. The zero-order valence-corrected chi connectivity index (χ0v) is 13.3. The van der Waals surface area contributed by atoms with Gasteiger partial charge in [-0.15, -0.1) is 11.3 Å². The van der Waals surface area contributed by atoms with Crippen LogP contribution in [0, 0.1) is 0 Å². The van der Waals surface area contributed by atoms with Gasteiger partial charge in [-0.2, -0.15) is 0 Å². The number of aromatic nitrogens is 2. The fourth-order valence-corrected chi connectivity index (χ4v) is 3.97. The van der Waals surface area contributed by atoms with Crippen LogP contribution in [0.25, 0.3) is 0 Å². The number of nitrogens with zero attached hydrogens (tertiary/aromatic N) is 2. The molecule has 1 aliphatic carbocycles. The molecule has 1 fully saturated rings. The molecule has 1 aliphatic rings. The Morgan fingerprint density at radius 1 is 1.35 bits per heavy atom. The maximum Gasteiger partial charge on any atom is 0.203 e. The van der Waals surface area contributed by atoms with Gasteiger partial charge in [0.2, 0.25) is 5.95 Å². The first kappa shape index (κ1) is 14.0. The van der Waals surface area contributed by atoms with Crippen molar-refractivity contribution in [1.82, 2.24) is 9.55 Å². The minimum Gasteiger partial charge on any atom is -0.348 e. The molecule has 2 aromatic heterocycles. The van der Waals surface area contributed by atoms with Crippen molar-refractivity contribution in [3.05, 3.63) is 33.7 Å². The van der Waals surface area contributed by atoms with Crippen molar-refractivity contribution in [2.45, 2.75) is 51.1 Å². The zero-order valence-electron chi connectivity index (χ0n) is 11.7. The van der Waals surface area contributed by atoms with E-state index in [2.05, 4.69) is 34.1 Å². The van der Waals surface area contributed by atoms with Crippen LogP contribution >= 0.6 is 22.9 Å². The lowest BCUT2D eigenvalue weighted by atomic mass is 9.95. The molecule has 5 heteroatoms. The summed E-state index contributed by atoms with van der Waals surface area (Å²) in [6.45, 7) is 2.15. The summed E-state index contributed by atoms with van der Waals surface area (Å²) in [7, 11) is 0. The first-order valence-electron chi connectivity index (χ1n) is 7.28. The number of hydrogen-bond acceptors (Lipinski definition) is 3. The zero-order chi connectivity index (χ0) is 13.9. The van der Waals surface area contributed by atoms with Gasteiger partial charge in [0.15, 0.2) is 0 Å². The summed E-state index contributed by atoms with van der Waals surface area (Å²) in [5.74, 6) is 0.980. The summed E-state index contributed by atoms with van der Waals surface area (Å²) in [6.07, 6.45) is 10.6. The third-order valence-corrected chi connectivity index (χ3v) is 5.42. The lowest BCUT2D eigenvalue weighted by Gasteiger charge is -2.25. The summed E-state index contributed by atoms with van der Waals surface area (Å²) in [5, 5.41) is 3.52. The topological polar surface area (TPSA) is 29.9 Å². The number of anilines is 1. The normalized spacial score (nSPS) is 18.1.